The minimum absolute atomic E-state index is 0.0680. The van der Waals surface area contributed by atoms with Gasteiger partial charge in [0, 0.05) is 30.8 Å². The molecular weight excluding hydrogens is 598 g/mol. The summed E-state index contributed by atoms with van der Waals surface area (Å²) in [5.41, 5.74) is 5.58. The van der Waals surface area contributed by atoms with Gasteiger partial charge in [0.1, 0.15) is 11.6 Å². The van der Waals surface area contributed by atoms with Crippen molar-refractivity contribution in [3.8, 4) is 0 Å². The van der Waals surface area contributed by atoms with Crippen LogP contribution < -0.4 is 21.7 Å². The van der Waals surface area contributed by atoms with Gasteiger partial charge < -0.3 is 26.6 Å². The number of nitrogens with one attached hydrogen (secondary N) is 3. The molecule has 9 nitrogen and oxygen atoms in total. The molecule has 4 amide bonds. The van der Waals surface area contributed by atoms with Crippen LogP contribution in [0.5, 0.6) is 0 Å². The average molecular weight is 644 g/mol. The summed E-state index contributed by atoms with van der Waals surface area (Å²) in [5.74, 6) is -0.518. The minimum Gasteiger partial charge on any atom is -0.354 e. The van der Waals surface area contributed by atoms with E-state index in [0.717, 1.165) is 67.0 Å². The van der Waals surface area contributed by atoms with Gasteiger partial charge in [0.2, 0.25) is 17.7 Å². The van der Waals surface area contributed by atoms with E-state index in [0.29, 0.717) is 43.8 Å². The van der Waals surface area contributed by atoms with Crippen molar-refractivity contribution in [2.24, 2.45) is 11.7 Å². The fourth-order valence-electron chi connectivity index (χ4n) is 7.36. The minimum atomic E-state index is -1.07. The predicted octanol–water partition coefficient (Wildman–Crippen LogP) is 4.30. The van der Waals surface area contributed by atoms with Crippen molar-refractivity contribution in [2.75, 3.05) is 19.6 Å². The van der Waals surface area contributed by atoms with E-state index in [1.165, 1.54) is 11.3 Å². The molecule has 6 rings (SSSR count). The van der Waals surface area contributed by atoms with Gasteiger partial charge in [-0.25, -0.2) is 0 Å². The van der Waals surface area contributed by atoms with Crippen molar-refractivity contribution < 1.29 is 19.2 Å². The molecule has 2 aliphatic carbocycles. The number of carbonyl (C=O) groups excluding carboxylic acids is 4. The number of benzene rings is 2. The van der Waals surface area contributed by atoms with E-state index in [9.17, 15) is 19.2 Å². The first-order valence-electron chi connectivity index (χ1n) is 16.8. The van der Waals surface area contributed by atoms with Gasteiger partial charge in [0.05, 0.1) is 10.4 Å². The fourth-order valence-corrected chi connectivity index (χ4v) is 8.32. The lowest BCUT2D eigenvalue weighted by atomic mass is 9.92. The van der Waals surface area contributed by atoms with Gasteiger partial charge in [0.15, 0.2) is 0 Å². The van der Waals surface area contributed by atoms with Gasteiger partial charge in [-0.1, -0.05) is 74.2 Å². The average Bonchev–Trinajstić information content (AvgIpc) is 3.84. The van der Waals surface area contributed by atoms with Crippen LogP contribution in [-0.4, -0.2) is 65.3 Å². The van der Waals surface area contributed by atoms with Crippen LogP contribution in [0, 0.1) is 5.92 Å². The second kappa shape index (κ2) is 13.9. The van der Waals surface area contributed by atoms with Gasteiger partial charge in [-0.3, -0.25) is 19.2 Å². The quantitative estimate of drug-likeness (QED) is 0.262. The van der Waals surface area contributed by atoms with E-state index in [-0.39, 0.29) is 29.5 Å². The topological polar surface area (TPSA) is 134 Å². The van der Waals surface area contributed by atoms with Crippen LogP contribution in [0.4, 0.5) is 0 Å². The molecule has 1 aromatic heterocycles. The molecule has 1 aliphatic heterocycles. The number of carbonyl (C=O) groups is 4. The second-order valence-corrected chi connectivity index (χ2v) is 14.5. The predicted molar refractivity (Wildman–Crippen MR) is 180 cm³/mol. The maximum atomic E-state index is 14.0. The van der Waals surface area contributed by atoms with Gasteiger partial charge >= 0.3 is 0 Å². The van der Waals surface area contributed by atoms with Gasteiger partial charge in [-0.05, 0) is 67.5 Å². The molecule has 3 aromatic rings. The highest BCUT2D eigenvalue weighted by Gasteiger charge is 2.44. The molecule has 244 valence electrons. The number of piperidine rings is 1. The first kappa shape index (κ1) is 32.2. The Balaban J connectivity index is 1.09. The third-order valence-corrected chi connectivity index (χ3v) is 11.3. The molecule has 0 radical (unpaired) electrons. The van der Waals surface area contributed by atoms with Gasteiger partial charge in [-0.2, -0.15) is 0 Å². The van der Waals surface area contributed by atoms with Crippen molar-refractivity contribution in [1.29, 1.82) is 0 Å². The van der Waals surface area contributed by atoms with Crippen LogP contribution in [0.15, 0.2) is 60.7 Å². The monoisotopic (exact) mass is 643 g/mol. The summed E-state index contributed by atoms with van der Waals surface area (Å²) >= 11 is 1.41. The molecule has 5 N–H and O–H groups in total. The summed E-state index contributed by atoms with van der Waals surface area (Å²) < 4.78 is 1.02. The Morgan fingerprint density at radius 1 is 0.891 bits per heavy atom. The number of nitrogens with two attached hydrogens (primary N) is 1. The van der Waals surface area contributed by atoms with Crippen molar-refractivity contribution in [3.63, 3.8) is 0 Å². The van der Waals surface area contributed by atoms with E-state index in [1.807, 2.05) is 65.6 Å². The van der Waals surface area contributed by atoms with Crippen molar-refractivity contribution in [2.45, 2.75) is 87.7 Å². The van der Waals surface area contributed by atoms with E-state index in [2.05, 4.69) is 16.0 Å². The van der Waals surface area contributed by atoms with Crippen molar-refractivity contribution in [3.05, 3.63) is 71.1 Å². The van der Waals surface area contributed by atoms with Crippen LogP contribution in [-0.2, 0) is 20.8 Å². The highest BCUT2D eigenvalue weighted by Crippen LogP contribution is 2.33. The molecule has 1 saturated heterocycles. The molecule has 2 saturated carbocycles. The zero-order chi connectivity index (χ0) is 32.1. The Morgan fingerprint density at radius 3 is 2.24 bits per heavy atom. The number of amides is 4. The summed E-state index contributed by atoms with van der Waals surface area (Å²) in [6.07, 6.45) is 8.14. The number of thiophene rings is 1. The molecule has 46 heavy (non-hydrogen) atoms. The fraction of sp³-hybridized carbons (Fsp3) is 0.500. The van der Waals surface area contributed by atoms with Crippen LogP contribution >= 0.6 is 11.3 Å². The normalized spacial score (nSPS) is 19.9. The third kappa shape index (κ3) is 7.13. The van der Waals surface area contributed by atoms with Crippen LogP contribution in [0.1, 0.15) is 79.4 Å². The Bertz CT molecular complexity index is 1520. The largest absolute Gasteiger partial charge is 0.354 e. The van der Waals surface area contributed by atoms with E-state index >= 15 is 0 Å². The summed E-state index contributed by atoms with van der Waals surface area (Å²) in [4.78, 5) is 56.6. The maximum absolute atomic E-state index is 14.0. The van der Waals surface area contributed by atoms with Gasteiger partial charge in [0.25, 0.3) is 5.91 Å². The molecule has 1 atom stereocenters. The van der Waals surface area contributed by atoms with E-state index in [4.69, 9.17) is 5.73 Å². The molecular formula is C36H45N5O4S. The smallest absolute Gasteiger partial charge is 0.262 e. The molecule has 3 aliphatic rings. The first-order chi connectivity index (χ1) is 22.2. The zero-order valence-electron chi connectivity index (χ0n) is 26.4. The highest BCUT2D eigenvalue weighted by molar-refractivity contribution is 7.20. The summed E-state index contributed by atoms with van der Waals surface area (Å²) in [5, 5.41) is 10.2. The van der Waals surface area contributed by atoms with Crippen LogP contribution in [0.25, 0.3) is 10.1 Å². The first-order valence-corrected chi connectivity index (χ1v) is 17.6. The number of likely N-dealkylation sites (tertiary alicyclic amines) is 1. The number of nitrogens with zero attached hydrogens (tertiary/aromatic N) is 1. The Morgan fingerprint density at radius 2 is 1.54 bits per heavy atom. The van der Waals surface area contributed by atoms with Crippen molar-refractivity contribution >= 4 is 45.1 Å². The lowest BCUT2D eigenvalue weighted by Crippen LogP contribution is -2.61. The molecule has 2 aromatic carbocycles. The van der Waals surface area contributed by atoms with E-state index < -0.39 is 17.1 Å². The summed E-state index contributed by atoms with van der Waals surface area (Å²) in [6.45, 7) is 1.76. The van der Waals surface area contributed by atoms with Crippen LogP contribution in [0.3, 0.4) is 0 Å². The van der Waals surface area contributed by atoms with E-state index in [1.54, 1.807) is 0 Å². The summed E-state index contributed by atoms with van der Waals surface area (Å²) in [7, 11) is 0. The SMILES string of the molecule is NC1(C(=O)N2CCC(CNC(=O)[C@@H](Cc3ccccc3)NC(=O)C3(NC(=O)c4cc5ccccc5s4)CCCC3)CC2)CCCC1. The molecule has 10 heteroatoms. The number of hydrogen-bond donors (Lipinski definition) is 4. The number of rotatable bonds is 10. The molecule has 0 bridgehead atoms. The highest BCUT2D eigenvalue weighted by atomic mass is 32.1. The zero-order valence-corrected chi connectivity index (χ0v) is 27.2. The standard InChI is InChI=1S/C36H45N5O4S/c37-35(16-6-7-17-35)34(45)41-20-14-26(15-21-41)24-38-31(42)28(22-25-10-2-1-3-11-25)39-33(44)36(18-8-9-19-36)40-32(43)30-23-27-12-4-5-13-29(27)46-30/h1-5,10-13,23,26,28H,6-9,14-22,24,37H2,(H,38,42)(H,39,44)(H,40,43)/t28-/m1/s1. The van der Waals surface area contributed by atoms with Crippen molar-refractivity contribution in [1.82, 2.24) is 20.9 Å². The van der Waals surface area contributed by atoms with Crippen LogP contribution in [0.2, 0.25) is 0 Å². The van der Waals surface area contributed by atoms with Gasteiger partial charge in [-0.15, -0.1) is 11.3 Å². The third-order valence-electron chi connectivity index (χ3n) is 10.2. The molecule has 3 fully saturated rings. The lowest BCUT2D eigenvalue weighted by Gasteiger charge is -2.37. The Labute approximate surface area is 274 Å². The summed E-state index contributed by atoms with van der Waals surface area (Å²) in [6, 6.07) is 18.6. The second-order valence-electron chi connectivity index (χ2n) is 13.5. The number of fused-ring (bicyclic) bond motifs is 1. The Hall–Kier alpha value is -3.76. The lowest BCUT2D eigenvalue weighted by molar-refractivity contribution is -0.138. The molecule has 0 unspecified atom stereocenters. The maximum Gasteiger partial charge on any atom is 0.262 e. The molecule has 0 spiro atoms. The molecule has 2 heterocycles. The number of hydrogen-bond acceptors (Lipinski definition) is 6. The Kier molecular flexibility index (Phi) is 9.75.